The van der Waals surface area contributed by atoms with Gasteiger partial charge in [0.05, 0.1) is 0 Å². The molecule has 0 spiro atoms. The molecule has 0 aliphatic carbocycles. The monoisotopic (exact) mass is 242 g/mol. The van der Waals surface area contributed by atoms with Gasteiger partial charge in [0.25, 0.3) is 0 Å². The summed E-state index contributed by atoms with van der Waals surface area (Å²) in [5, 5.41) is 4.82. The van der Waals surface area contributed by atoms with Crippen LogP contribution in [0.1, 0.15) is 31.2 Å². The van der Waals surface area contributed by atoms with Crippen molar-refractivity contribution in [3.8, 4) is 0 Å². The Morgan fingerprint density at radius 2 is 2.00 bits per heavy atom. The Balaban J connectivity index is 1.88. The molecule has 1 aliphatic heterocycles. The summed E-state index contributed by atoms with van der Waals surface area (Å²) in [6.07, 6.45) is 4.77. The molecule has 18 heavy (non-hydrogen) atoms. The number of nitrogens with one attached hydrogen (secondary N) is 1. The van der Waals surface area contributed by atoms with E-state index < -0.39 is 0 Å². The molecule has 96 valence electrons. The number of hydrogen-bond donors (Lipinski definition) is 1. The molecule has 1 unspecified atom stereocenters. The number of aryl methyl sites for hydroxylation is 1. The molecule has 1 atom stereocenters. The summed E-state index contributed by atoms with van der Waals surface area (Å²) in [6.45, 7) is 4.76. The van der Waals surface area contributed by atoms with Gasteiger partial charge in [0, 0.05) is 18.8 Å². The fourth-order valence-electron chi connectivity index (χ4n) is 3.20. The van der Waals surface area contributed by atoms with Crippen LogP contribution in [0.5, 0.6) is 0 Å². The van der Waals surface area contributed by atoms with Crippen LogP contribution in [0.3, 0.4) is 0 Å². The van der Waals surface area contributed by atoms with Crippen LogP contribution in [0.2, 0.25) is 0 Å². The summed E-state index contributed by atoms with van der Waals surface area (Å²) >= 11 is 0. The number of benzene rings is 1. The van der Waals surface area contributed by atoms with E-state index in [0.29, 0.717) is 5.92 Å². The number of aromatic nitrogens is 1. The number of rotatable bonds is 2. The maximum Gasteiger partial charge on any atom is 0.0477 e. The molecule has 2 nitrogen and oxygen atoms in total. The van der Waals surface area contributed by atoms with Gasteiger partial charge in [-0.1, -0.05) is 13.0 Å². The van der Waals surface area contributed by atoms with Gasteiger partial charge in [0.1, 0.15) is 0 Å². The minimum absolute atomic E-state index is 0.678. The molecule has 0 saturated carbocycles. The molecule has 0 amide bonds. The van der Waals surface area contributed by atoms with Gasteiger partial charge in [-0.25, -0.2) is 0 Å². The zero-order chi connectivity index (χ0) is 12.5. The largest absolute Gasteiger partial charge is 0.351 e. The van der Waals surface area contributed by atoms with Gasteiger partial charge in [0.2, 0.25) is 0 Å². The zero-order valence-electron chi connectivity index (χ0n) is 11.3. The molecular formula is C16H22N2. The predicted molar refractivity (Wildman–Crippen MR) is 76.9 cm³/mol. The number of fused-ring (bicyclic) bond motifs is 1. The molecule has 1 saturated heterocycles. The van der Waals surface area contributed by atoms with E-state index >= 15 is 0 Å². The van der Waals surface area contributed by atoms with Crippen molar-refractivity contribution in [3.63, 3.8) is 0 Å². The highest BCUT2D eigenvalue weighted by Gasteiger charge is 2.21. The number of piperidine rings is 1. The Morgan fingerprint density at radius 1 is 1.22 bits per heavy atom. The Bertz CT molecular complexity index is 535. The second-order valence-electron chi connectivity index (χ2n) is 5.62. The van der Waals surface area contributed by atoms with Crippen LogP contribution in [0, 0.1) is 5.92 Å². The zero-order valence-corrected chi connectivity index (χ0v) is 11.3. The van der Waals surface area contributed by atoms with Crippen LogP contribution in [-0.2, 0) is 7.05 Å². The highest BCUT2D eigenvalue weighted by atomic mass is 14.9. The summed E-state index contributed by atoms with van der Waals surface area (Å²) in [7, 11) is 2.11. The molecule has 1 aliphatic rings. The van der Waals surface area contributed by atoms with Crippen molar-refractivity contribution in [1.29, 1.82) is 0 Å². The highest BCUT2D eigenvalue weighted by Crippen LogP contribution is 2.32. The van der Waals surface area contributed by atoms with E-state index in [2.05, 4.69) is 54.3 Å². The summed E-state index contributed by atoms with van der Waals surface area (Å²) in [5.41, 5.74) is 2.83. The first-order chi connectivity index (χ1) is 8.75. The maximum absolute atomic E-state index is 3.45. The van der Waals surface area contributed by atoms with Crippen LogP contribution in [0.25, 0.3) is 10.9 Å². The van der Waals surface area contributed by atoms with Gasteiger partial charge in [-0.05, 0) is 66.9 Å². The van der Waals surface area contributed by atoms with Gasteiger partial charge < -0.3 is 9.88 Å². The molecule has 1 fully saturated rings. The first kappa shape index (κ1) is 11.8. The average molecular weight is 242 g/mol. The molecule has 1 N–H and O–H groups in total. The summed E-state index contributed by atoms with van der Waals surface area (Å²) in [4.78, 5) is 0. The standard InChI is InChI=1S/C16H22N2/c1-12(13-5-8-17-9-6-13)14-3-4-16-15(11-14)7-10-18(16)2/h3-4,7,10-13,17H,5-6,8-9H2,1-2H3. The normalized spacial score (nSPS) is 19.2. The van der Waals surface area contributed by atoms with Crippen molar-refractivity contribution in [1.82, 2.24) is 9.88 Å². The average Bonchev–Trinajstić information content (AvgIpc) is 2.80. The predicted octanol–water partition coefficient (Wildman–Crippen LogP) is 3.28. The third kappa shape index (κ3) is 2.05. The highest BCUT2D eigenvalue weighted by molar-refractivity contribution is 5.80. The molecule has 2 heterocycles. The maximum atomic E-state index is 3.45. The molecular weight excluding hydrogens is 220 g/mol. The van der Waals surface area contributed by atoms with Crippen LogP contribution < -0.4 is 5.32 Å². The van der Waals surface area contributed by atoms with Crippen molar-refractivity contribution in [2.75, 3.05) is 13.1 Å². The lowest BCUT2D eigenvalue weighted by molar-refractivity contribution is 0.330. The van der Waals surface area contributed by atoms with Crippen molar-refractivity contribution < 1.29 is 0 Å². The van der Waals surface area contributed by atoms with Crippen LogP contribution >= 0.6 is 0 Å². The van der Waals surface area contributed by atoms with E-state index in [9.17, 15) is 0 Å². The Kier molecular flexibility index (Phi) is 3.13. The van der Waals surface area contributed by atoms with E-state index in [1.807, 2.05) is 0 Å². The molecule has 0 bridgehead atoms. The van der Waals surface area contributed by atoms with E-state index in [1.54, 1.807) is 0 Å². The lowest BCUT2D eigenvalue weighted by Gasteiger charge is -2.28. The van der Waals surface area contributed by atoms with Crippen LogP contribution in [0.4, 0.5) is 0 Å². The molecule has 1 aromatic heterocycles. The number of nitrogens with zero attached hydrogens (tertiary/aromatic N) is 1. The minimum atomic E-state index is 0.678. The van der Waals surface area contributed by atoms with Gasteiger partial charge in [-0.3, -0.25) is 0 Å². The SMILES string of the molecule is CC(c1ccc2c(ccn2C)c1)C1CCNCC1. The first-order valence-electron chi connectivity index (χ1n) is 7.01. The van der Waals surface area contributed by atoms with Crippen LogP contribution in [0.15, 0.2) is 30.5 Å². The molecule has 1 aromatic carbocycles. The lowest BCUT2D eigenvalue weighted by Crippen LogP contribution is -2.30. The Labute approximate surface area is 109 Å². The van der Waals surface area contributed by atoms with E-state index in [4.69, 9.17) is 0 Å². The van der Waals surface area contributed by atoms with E-state index in [-0.39, 0.29) is 0 Å². The fourth-order valence-corrected chi connectivity index (χ4v) is 3.20. The quantitative estimate of drug-likeness (QED) is 0.855. The minimum Gasteiger partial charge on any atom is -0.351 e. The van der Waals surface area contributed by atoms with Crippen molar-refractivity contribution in [2.24, 2.45) is 13.0 Å². The van der Waals surface area contributed by atoms with Gasteiger partial charge >= 0.3 is 0 Å². The Hall–Kier alpha value is -1.28. The topological polar surface area (TPSA) is 17.0 Å². The second kappa shape index (κ2) is 4.77. The summed E-state index contributed by atoms with van der Waals surface area (Å²) < 4.78 is 2.19. The lowest BCUT2D eigenvalue weighted by atomic mass is 9.81. The molecule has 3 rings (SSSR count). The van der Waals surface area contributed by atoms with Gasteiger partial charge in [0.15, 0.2) is 0 Å². The summed E-state index contributed by atoms with van der Waals surface area (Å²) in [5.74, 6) is 1.52. The van der Waals surface area contributed by atoms with Crippen molar-refractivity contribution in [3.05, 3.63) is 36.0 Å². The van der Waals surface area contributed by atoms with Crippen molar-refractivity contribution in [2.45, 2.75) is 25.7 Å². The van der Waals surface area contributed by atoms with Crippen molar-refractivity contribution >= 4 is 10.9 Å². The van der Waals surface area contributed by atoms with Gasteiger partial charge in [-0.15, -0.1) is 0 Å². The first-order valence-corrected chi connectivity index (χ1v) is 7.01. The molecule has 0 radical (unpaired) electrons. The van der Waals surface area contributed by atoms with E-state index in [1.165, 1.54) is 42.4 Å². The fraction of sp³-hybridized carbons (Fsp3) is 0.500. The molecule has 2 aromatic rings. The summed E-state index contributed by atoms with van der Waals surface area (Å²) in [6, 6.07) is 9.17. The Morgan fingerprint density at radius 3 is 2.78 bits per heavy atom. The molecule has 2 heteroatoms. The van der Waals surface area contributed by atoms with Crippen LogP contribution in [-0.4, -0.2) is 17.7 Å². The third-order valence-electron chi connectivity index (χ3n) is 4.53. The second-order valence-corrected chi connectivity index (χ2v) is 5.62. The van der Waals surface area contributed by atoms with Gasteiger partial charge in [-0.2, -0.15) is 0 Å². The number of hydrogen-bond acceptors (Lipinski definition) is 1. The smallest absolute Gasteiger partial charge is 0.0477 e. The van der Waals surface area contributed by atoms with E-state index in [0.717, 1.165) is 5.92 Å². The third-order valence-corrected chi connectivity index (χ3v) is 4.53.